The smallest absolute Gasteiger partial charge is 0.195 e. The van der Waals surface area contributed by atoms with E-state index in [9.17, 15) is 4.79 Å². The molecule has 16 heavy (non-hydrogen) atoms. The van der Waals surface area contributed by atoms with E-state index >= 15 is 0 Å². The van der Waals surface area contributed by atoms with Gasteiger partial charge in [-0.05, 0) is 35.9 Å². The van der Waals surface area contributed by atoms with E-state index in [4.69, 9.17) is 11.6 Å². The SMILES string of the molecule is O=C(/C=C/c1ccncc1)c1ccc(Cl)s1. The molecule has 0 aliphatic rings. The number of hydrogen-bond acceptors (Lipinski definition) is 3. The number of rotatable bonds is 3. The molecule has 0 N–H and O–H groups in total. The monoisotopic (exact) mass is 249 g/mol. The van der Waals surface area contributed by atoms with E-state index in [1.807, 2.05) is 12.1 Å². The lowest BCUT2D eigenvalue weighted by Crippen LogP contribution is -1.88. The van der Waals surface area contributed by atoms with Gasteiger partial charge in [0, 0.05) is 12.4 Å². The number of thiophene rings is 1. The van der Waals surface area contributed by atoms with Crippen molar-refractivity contribution in [3.8, 4) is 0 Å². The Labute approximate surface area is 102 Å². The predicted octanol–water partition coefficient (Wildman–Crippen LogP) is 3.69. The Morgan fingerprint density at radius 3 is 2.62 bits per heavy atom. The molecular weight excluding hydrogens is 242 g/mol. The van der Waals surface area contributed by atoms with Crippen LogP contribution in [0, 0.1) is 0 Å². The van der Waals surface area contributed by atoms with E-state index < -0.39 is 0 Å². The molecule has 0 aliphatic heterocycles. The van der Waals surface area contributed by atoms with E-state index in [0.717, 1.165) is 5.56 Å². The number of carbonyl (C=O) groups is 1. The lowest BCUT2D eigenvalue weighted by atomic mass is 10.2. The maximum atomic E-state index is 11.7. The third kappa shape index (κ3) is 2.78. The van der Waals surface area contributed by atoms with E-state index in [-0.39, 0.29) is 5.78 Å². The molecule has 0 amide bonds. The second-order valence-electron chi connectivity index (χ2n) is 3.08. The molecule has 2 aromatic heterocycles. The summed E-state index contributed by atoms with van der Waals surface area (Å²) in [4.78, 5) is 16.2. The molecule has 0 radical (unpaired) electrons. The summed E-state index contributed by atoms with van der Waals surface area (Å²) in [5.41, 5.74) is 0.950. The Morgan fingerprint density at radius 1 is 1.25 bits per heavy atom. The quantitative estimate of drug-likeness (QED) is 0.613. The van der Waals surface area contributed by atoms with E-state index in [2.05, 4.69) is 4.98 Å². The van der Waals surface area contributed by atoms with Gasteiger partial charge in [0.2, 0.25) is 0 Å². The summed E-state index contributed by atoms with van der Waals surface area (Å²) >= 11 is 7.04. The second-order valence-corrected chi connectivity index (χ2v) is 4.80. The highest BCUT2D eigenvalue weighted by molar-refractivity contribution is 7.18. The minimum Gasteiger partial charge on any atom is -0.288 e. The van der Waals surface area contributed by atoms with Gasteiger partial charge in [-0.1, -0.05) is 17.7 Å². The van der Waals surface area contributed by atoms with Gasteiger partial charge in [-0.15, -0.1) is 11.3 Å². The number of nitrogens with zero attached hydrogens (tertiary/aromatic N) is 1. The van der Waals surface area contributed by atoms with Crippen LogP contribution < -0.4 is 0 Å². The van der Waals surface area contributed by atoms with Crippen LogP contribution in [0.5, 0.6) is 0 Å². The Kier molecular flexibility index (Phi) is 3.49. The van der Waals surface area contributed by atoms with Crippen LogP contribution >= 0.6 is 22.9 Å². The van der Waals surface area contributed by atoms with E-state index in [0.29, 0.717) is 9.21 Å². The van der Waals surface area contributed by atoms with Crippen molar-refractivity contribution in [1.82, 2.24) is 4.98 Å². The molecule has 0 spiro atoms. The zero-order chi connectivity index (χ0) is 11.4. The van der Waals surface area contributed by atoms with Crippen LogP contribution in [-0.4, -0.2) is 10.8 Å². The van der Waals surface area contributed by atoms with Crippen molar-refractivity contribution in [3.05, 3.63) is 57.5 Å². The molecule has 2 nitrogen and oxygen atoms in total. The standard InChI is InChI=1S/C12H8ClNOS/c13-12-4-3-11(16-12)10(15)2-1-9-5-7-14-8-6-9/h1-8H/b2-1+. The lowest BCUT2D eigenvalue weighted by Gasteiger charge is -1.90. The molecule has 4 heteroatoms. The zero-order valence-electron chi connectivity index (χ0n) is 8.26. The van der Waals surface area contributed by atoms with Gasteiger partial charge in [-0.2, -0.15) is 0 Å². The maximum Gasteiger partial charge on any atom is 0.195 e. The van der Waals surface area contributed by atoms with Gasteiger partial charge in [0.1, 0.15) is 0 Å². The van der Waals surface area contributed by atoms with Gasteiger partial charge in [0.05, 0.1) is 9.21 Å². The highest BCUT2D eigenvalue weighted by atomic mass is 35.5. The highest BCUT2D eigenvalue weighted by Crippen LogP contribution is 2.22. The van der Waals surface area contributed by atoms with Crippen molar-refractivity contribution in [1.29, 1.82) is 0 Å². The molecule has 0 saturated heterocycles. The minimum atomic E-state index is -0.0336. The molecule has 2 heterocycles. The van der Waals surface area contributed by atoms with Crippen molar-refractivity contribution in [2.24, 2.45) is 0 Å². The first-order valence-electron chi connectivity index (χ1n) is 4.63. The summed E-state index contributed by atoms with van der Waals surface area (Å²) in [6, 6.07) is 7.13. The third-order valence-electron chi connectivity index (χ3n) is 1.95. The zero-order valence-corrected chi connectivity index (χ0v) is 9.83. The fourth-order valence-electron chi connectivity index (χ4n) is 1.18. The van der Waals surface area contributed by atoms with Crippen molar-refractivity contribution in [2.45, 2.75) is 0 Å². The van der Waals surface area contributed by atoms with Crippen LogP contribution in [0.4, 0.5) is 0 Å². The van der Waals surface area contributed by atoms with Crippen LogP contribution in [0.15, 0.2) is 42.7 Å². The van der Waals surface area contributed by atoms with Crippen molar-refractivity contribution in [2.75, 3.05) is 0 Å². The molecule has 2 aromatic rings. The normalized spacial score (nSPS) is 10.8. The highest BCUT2D eigenvalue weighted by Gasteiger charge is 2.04. The summed E-state index contributed by atoms with van der Waals surface area (Å²) in [7, 11) is 0. The van der Waals surface area contributed by atoms with Gasteiger partial charge in [0.25, 0.3) is 0 Å². The third-order valence-corrected chi connectivity index (χ3v) is 3.20. The van der Waals surface area contributed by atoms with Crippen LogP contribution in [-0.2, 0) is 0 Å². The first kappa shape index (κ1) is 11.0. The topological polar surface area (TPSA) is 30.0 Å². The number of carbonyl (C=O) groups excluding carboxylic acids is 1. The summed E-state index contributed by atoms with van der Waals surface area (Å²) in [5, 5.41) is 0. The van der Waals surface area contributed by atoms with Crippen LogP contribution in [0.3, 0.4) is 0 Å². The lowest BCUT2D eigenvalue weighted by molar-refractivity contribution is 0.105. The molecule has 0 aliphatic carbocycles. The number of ketones is 1. The molecule has 0 aromatic carbocycles. The number of halogens is 1. The maximum absolute atomic E-state index is 11.7. The summed E-state index contributed by atoms with van der Waals surface area (Å²) in [6.45, 7) is 0. The number of aromatic nitrogens is 1. The average Bonchev–Trinajstić information content (AvgIpc) is 2.74. The van der Waals surface area contributed by atoms with Crippen molar-refractivity contribution in [3.63, 3.8) is 0 Å². The Morgan fingerprint density at radius 2 is 2.00 bits per heavy atom. The van der Waals surface area contributed by atoms with Crippen LogP contribution in [0.25, 0.3) is 6.08 Å². The molecule has 0 bridgehead atoms. The fraction of sp³-hybridized carbons (Fsp3) is 0. The Balaban J connectivity index is 2.11. The Bertz CT molecular complexity index is 519. The van der Waals surface area contributed by atoms with Gasteiger partial charge in [-0.3, -0.25) is 9.78 Å². The molecule has 80 valence electrons. The van der Waals surface area contributed by atoms with Crippen LogP contribution in [0.1, 0.15) is 15.2 Å². The minimum absolute atomic E-state index is 0.0336. The predicted molar refractivity (Wildman–Crippen MR) is 66.9 cm³/mol. The van der Waals surface area contributed by atoms with Crippen LogP contribution in [0.2, 0.25) is 4.34 Å². The van der Waals surface area contributed by atoms with Gasteiger partial charge < -0.3 is 0 Å². The van der Waals surface area contributed by atoms with E-state index in [1.54, 1.807) is 30.6 Å². The van der Waals surface area contributed by atoms with Gasteiger partial charge in [0.15, 0.2) is 5.78 Å². The Hall–Kier alpha value is -1.45. The van der Waals surface area contributed by atoms with E-state index in [1.165, 1.54) is 17.4 Å². The molecular formula is C12H8ClNOS. The first-order valence-corrected chi connectivity index (χ1v) is 5.83. The number of allylic oxidation sites excluding steroid dienone is 1. The largest absolute Gasteiger partial charge is 0.288 e. The summed E-state index contributed by atoms with van der Waals surface area (Å²) < 4.78 is 0.626. The number of hydrogen-bond donors (Lipinski definition) is 0. The van der Waals surface area contributed by atoms with Gasteiger partial charge in [-0.25, -0.2) is 0 Å². The second kappa shape index (κ2) is 5.05. The van der Waals surface area contributed by atoms with Gasteiger partial charge >= 0.3 is 0 Å². The van der Waals surface area contributed by atoms with Crippen molar-refractivity contribution >= 4 is 34.8 Å². The molecule has 0 fully saturated rings. The molecule has 0 saturated carbocycles. The number of pyridine rings is 1. The average molecular weight is 250 g/mol. The summed E-state index contributed by atoms with van der Waals surface area (Å²) in [6.07, 6.45) is 6.67. The molecule has 0 unspecified atom stereocenters. The fourth-order valence-corrected chi connectivity index (χ4v) is 2.14. The van der Waals surface area contributed by atoms with Crippen molar-refractivity contribution < 1.29 is 4.79 Å². The summed E-state index contributed by atoms with van der Waals surface area (Å²) in [5.74, 6) is -0.0336. The molecule has 2 rings (SSSR count). The first-order chi connectivity index (χ1) is 7.75. The molecule has 0 atom stereocenters.